The average molecular weight is 615 g/mol. The zero-order valence-corrected chi connectivity index (χ0v) is 23.6. The fraction of sp³-hybridized carbons (Fsp3) is 0.500. The fourth-order valence-electron chi connectivity index (χ4n) is 5.39. The van der Waals surface area contributed by atoms with E-state index >= 15 is 4.39 Å². The Balaban J connectivity index is 1.52. The molecule has 1 saturated heterocycles. The minimum atomic E-state index is -4.64. The molecule has 2 fully saturated rings. The number of hydrogen-bond donors (Lipinski definition) is 3. The smallest absolute Gasteiger partial charge is 0.339 e. The van der Waals surface area contributed by atoms with E-state index in [4.69, 9.17) is 0 Å². The van der Waals surface area contributed by atoms with E-state index in [0.29, 0.717) is 0 Å². The van der Waals surface area contributed by atoms with Gasteiger partial charge in [-0.05, 0) is 81.7 Å². The molecule has 15 heteroatoms. The molecule has 0 bridgehead atoms. The first kappa shape index (κ1) is 31.9. The maximum absolute atomic E-state index is 15.2. The second-order valence-electron chi connectivity index (χ2n) is 11.0. The molecule has 234 valence electrons. The first-order valence-electron chi connectivity index (χ1n) is 13.8. The van der Waals surface area contributed by atoms with Crippen LogP contribution in [0.2, 0.25) is 0 Å². The van der Waals surface area contributed by atoms with Crippen molar-refractivity contribution in [1.82, 2.24) is 25.3 Å². The van der Waals surface area contributed by atoms with E-state index in [9.17, 15) is 36.3 Å². The second kappa shape index (κ2) is 12.7. The number of hydrogen-bond acceptors (Lipinski definition) is 4. The lowest BCUT2D eigenvalue weighted by Gasteiger charge is -2.31. The molecule has 1 aliphatic heterocycles. The number of alkyl halides is 3. The Hall–Kier alpha value is -4.04. The molecule has 43 heavy (non-hydrogen) atoms. The Morgan fingerprint density at radius 3 is 2.33 bits per heavy atom. The van der Waals surface area contributed by atoms with Gasteiger partial charge in [0.05, 0.1) is 18.3 Å². The van der Waals surface area contributed by atoms with Gasteiger partial charge in [0.1, 0.15) is 23.6 Å². The molecule has 1 aromatic heterocycles. The summed E-state index contributed by atoms with van der Waals surface area (Å²) in [7, 11) is 0. The van der Waals surface area contributed by atoms with E-state index in [1.54, 1.807) is 0 Å². The lowest BCUT2D eigenvalue weighted by Crippen LogP contribution is -2.49. The molecule has 0 radical (unpaired) electrons. The number of aromatic nitrogens is 2. The predicted octanol–water partition coefficient (Wildman–Crippen LogP) is 5.70. The van der Waals surface area contributed by atoms with Crippen LogP contribution >= 0.6 is 0 Å². The quantitative estimate of drug-likeness (QED) is 0.332. The molecule has 2 heterocycles. The number of nitrogens with one attached hydrogen (secondary N) is 3. The molecule has 4 amide bonds. The van der Waals surface area contributed by atoms with Crippen LogP contribution in [0.4, 0.5) is 36.8 Å². The van der Waals surface area contributed by atoms with Gasteiger partial charge in [0.15, 0.2) is 0 Å². The maximum atomic E-state index is 15.2. The fourth-order valence-corrected chi connectivity index (χ4v) is 5.39. The highest BCUT2D eigenvalue weighted by molar-refractivity contribution is 6.00. The number of amides is 4. The number of nitrogens with zero attached hydrogens (tertiary/aromatic N) is 3. The molecule has 1 saturated carbocycles. The summed E-state index contributed by atoms with van der Waals surface area (Å²) in [5.74, 6) is -2.83. The van der Waals surface area contributed by atoms with E-state index in [2.05, 4.69) is 15.7 Å². The van der Waals surface area contributed by atoms with Crippen LogP contribution in [0.1, 0.15) is 74.6 Å². The van der Waals surface area contributed by atoms with Crippen molar-refractivity contribution >= 4 is 23.5 Å². The van der Waals surface area contributed by atoms with Crippen molar-refractivity contribution in [2.45, 2.75) is 76.8 Å². The third-order valence-corrected chi connectivity index (χ3v) is 7.87. The van der Waals surface area contributed by atoms with Gasteiger partial charge in [-0.1, -0.05) is 6.07 Å². The van der Waals surface area contributed by atoms with Crippen LogP contribution in [0, 0.1) is 11.7 Å². The zero-order valence-electron chi connectivity index (χ0n) is 23.6. The largest absolute Gasteiger partial charge is 0.410 e. The molecule has 3 N–H and O–H groups in total. The van der Waals surface area contributed by atoms with Gasteiger partial charge in [-0.3, -0.25) is 14.3 Å². The van der Waals surface area contributed by atoms with Gasteiger partial charge in [0, 0.05) is 12.2 Å². The summed E-state index contributed by atoms with van der Waals surface area (Å²) in [6.45, 7) is 4.43. The summed E-state index contributed by atoms with van der Waals surface area (Å²) in [6, 6.07) is -0.212. The van der Waals surface area contributed by atoms with Crippen molar-refractivity contribution in [1.29, 1.82) is 0 Å². The Kier molecular flexibility index (Phi) is 9.40. The first-order chi connectivity index (χ1) is 20.2. The van der Waals surface area contributed by atoms with Crippen LogP contribution < -0.4 is 16.0 Å². The number of carbonyl (C=O) groups excluding carboxylic acids is 3. The van der Waals surface area contributed by atoms with Crippen LogP contribution in [0.15, 0.2) is 42.1 Å². The Labute approximate surface area is 243 Å². The SMILES string of the molecule is CC(C)n1nccc1C(=O)NC(C(=O)Nc1ccc([C@H](C)N2C[C@@H](C(F)(F)F)NC2=O)cc1F)C1CCC(=C(F)F)CC1. The molecule has 3 atom stereocenters. The molecule has 1 aromatic carbocycles. The van der Waals surface area contributed by atoms with Gasteiger partial charge < -0.3 is 20.9 Å². The molecule has 1 aliphatic carbocycles. The Morgan fingerprint density at radius 1 is 1.09 bits per heavy atom. The van der Waals surface area contributed by atoms with Crippen molar-refractivity contribution in [3.8, 4) is 0 Å². The van der Waals surface area contributed by atoms with Gasteiger partial charge in [0.2, 0.25) is 5.91 Å². The number of benzene rings is 1. The predicted molar refractivity (Wildman–Crippen MR) is 144 cm³/mol. The molecule has 0 spiro atoms. The molecule has 2 aromatic rings. The number of rotatable bonds is 8. The summed E-state index contributed by atoms with van der Waals surface area (Å²) in [5.41, 5.74) is 0.101. The lowest BCUT2D eigenvalue weighted by atomic mass is 9.81. The van der Waals surface area contributed by atoms with Crippen molar-refractivity contribution in [3.05, 3.63) is 59.2 Å². The molecular formula is C28H32F6N6O3. The van der Waals surface area contributed by atoms with Crippen LogP contribution in [0.5, 0.6) is 0 Å². The molecule has 1 unspecified atom stereocenters. The van der Waals surface area contributed by atoms with Crippen LogP contribution in [-0.2, 0) is 4.79 Å². The van der Waals surface area contributed by atoms with Crippen molar-refractivity contribution in [2.75, 3.05) is 11.9 Å². The first-order valence-corrected chi connectivity index (χ1v) is 13.8. The van der Waals surface area contributed by atoms with Crippen molar-refractivity contribution < 1.29 is 40.7 Å². The van der Waals surface area contributed by atoms with Crippen LogP contribution in [-0.4, -0.2) is 57.3 Å². The number of urea groups is 1. The third-order valence-electron chi connectivity index (χ3n) is 7.87. The maximum Gasteiger partial charge on any atom is 0.410 e. The molecule has 2 aliphatic rings. The average Bonchev–Trinajstić information content (AvgIpc) is 3.60. The Bertz CT molecular complexity index is 1390. The van der Waals surface area contributed by atoms with E-state index in [-0.39, 0.29) is 54.2 Å². The van der Waals surface area contributed by atoms with Crippen LogP contribution in [0.25, 0.3) is 0 Å². The van der Waals surface area contributed by atoms with Crippen molar-refractivity contribution in [3.63, 3.8) is 0 Å². The van der Waals surface area contributed by atoms with Gasteiger partial charge in [0.25, 0.3) is 12.0 Å². The van der Waals surface area contributed by atoms with E-state index in [0.717, 1.165) is 11.0 Å². The van der Waals surface area contributed by atoms with Gasteiger partial charge in [-0.2, -0.15) is 27.1 Å². The topological polar surface area (TPSA) is 108 Å². The van der Waals surface area contributed by atoms with E-state index < -0.39 is 66.5 Å². The summed E-state index contributed by atoms with van der Waals surface area (Å²) >= 11 is 0. The highest BCUT2D eigenvalue weighted by Crippen LogP contribution is 2.34. The highest BCUT2D eigenvalue weighted by atomic mass is 19.4. The van der Waals surface area contributed by atoms with Gasteiger partial charge in [-0.25, -0.2) is 9.18 Å². The minimum Gasteiger partial charge on any atom is -0.339 e. The normalized spacial score (nSPS) is 20.6. The number of anilines is 1. The van der Waals surface area contributed by atoms with Crippen LogP contribution in [0.3, 0.4) is 0 Å². The second-order valence-corrected chi connectivity index (χ2v) is 11.0. The lowest BCUT2D eigenvalue weighted by molar-refractivity contribution is -0.150. The standard InChI is InChI=1S/C28H32F6N6O3/c1-14(2)40-21(10-11-35-40)25(41)38-23(16-4-6-17(7-5-16)24(30)31)26(42)36-20-9-8-18(12-19(20)29)15(3)39-13-22(28(32,33)34)37-27(39)43/h8-12,14-16,22-23H,4-7,13H2,1-3H3,(H,36,42)(H,37,43)(H,38,41)/t15-,22-,23?/m0/s1. The summed E-state index contributed by atoms with van der Waals surface area (Å²) in [5, 5.41) is 11.1. The Morgan fingerprint density at radius 2 is 1.77 bits per heavy atom. The summed E-state index contributed by atoms with van der Waals surface area (Å²) in [4.78, 5) is 39.7. The van der Waals surface area contributed by atoms with Gasteiger partial charge >= 0.3 is 12.2 Å². The number of allylic oxidation sites excluding steroid dienone is 1. The monoisotopic (exact) mass is 614 g/mol. The molecule has 4 rings (SSSR count). The summed E-state index contributed by atoms with van der Waals surface area (Å²) in [6.07, 6.45) is -4.53. The number of carbonyl (C=O) groups is 3. The van der Waals surface area contributed by atoms with E-state index in [1.807, 2.05) is 19.2 Å². The zero-order chi connectivity index (χ0) is 31.6. The molecular weight excluding hydrogens is 582 g/mol. The third kappa shape index (κ3) is 7.13. The van der Waals surface area contributed by atoms with Crippen molar-refractivity contribution in [2.24, 2.45) is 5.92 Å². The number of halogens is 6. The minimum absolute atomic E-state index is 0.0105. The highest BCUT2D eigenvalue weighted by Gasteiger charge is 2.48. The van der Waals surface area contributed by atoms with Gasteiger partial charge in [-0.15, -0.1) is 0 Å². The van der Waals surface area contributed by atoms with E-state index in [1.165, 1.54) is 36.0 Å². The molecule has 9 nitrogen and oxygen atoms in total. The summed E-state index contributed by atoms with van der Waals surface area (Å²) < 4.78 is 82.1.